The number of aryl methyl sites for hydroxylation is 3. The SMILES string of the molecule is Cc1cc(C)c([C@@H](N)[C@@H](O)C2CCCC2)c(C)c1. The molecule has 1 aromatic carbocycles. The molecule has 2 heteroatoms. The van der Waals surface area contributed by atoms with Crippen LogP contribution in [0.2, 0.25) is 0 Å². The topological polar surface area (TPSA) is 46.2 Å². The quantitative estimate of drug-likeness (QED) is 0.862. The van der Waals surface area contributed by atoms with Crippen LogP contribution in [-0.2, 0) is 0 Å². The Kier molecular flexibility index (Phi) is 4.08. The Balaban J connectivity index is 2.24. The van der Waals surface area contributed by atoms with Gasteiger partial charge in [-0.05, 0) is 56.2 Å². The maximum absolute atomic E-state index is 10.5. The third kappa shape index (κ3) is 2.60. The van der Waals surface area contributed by atoms with E-state index in [2.05, 4.69) is 32.9 Å². The minimum atomic E-state index is -0.396. The molecule has 2 rings (SSSR count). The molecule has 2 atom stereocenters. The summed E-state index contributed by atoms with van der Waals surface area (Å²) in [6, 6.07) is 4.07. The minimum Gasteiger partial charge on any atom is -0.391 e. The van der Waals surface area contributed by atoms with Crippen molar-refractivity contribution in [3.8, 4) is 0 Å². The van der Waals surface area contributed by atoms with E-state index < -0.39 is 6.10 Å². The molecule has 100 valence electrons. The van der Waals surface area contributed by atoms with Gasteiger partial charge in [0, 0.05) is 0 Å². The summed E-state index contributed by atoms with van der Waals surface area (Å²) < 4.78 is 0. The van der Waals surface area contributed by atoms with Crippen molar-refractivity contribution in [2.45, 2.75) is 58.6 Å². The smallest absolute Gasteiger partial charge is 0.0761 e. The fraction of sp³-hybridized carbons (Fsp3) is 0.625. The Morgan fingerprint density at radius 1 is 1.11 bits per heavy atom. The molecule has 1 aliphatic carbocycles. The molecule has 1 saturated carbocycles. The van der Waals surface area contributed by atoms with Gasteiger partial charge in [0.15, 0.2) is 0 Å². The van der Waals surface area contributed by atoms with E-state index >= 15 is 0 Å². The lowest BCUT2D eigenvalue weighted by molar-refractivity contribution is 0.0841. The van der Waals surface area contributed by atoms with E-state index in [4.69, 9.17) is 5.73 Å². The summed E-state index contributed by atoms with van der Waals surface area (Å²) in [5.74, 6) is 0.389. The van der Waals surface area contributed by atoms with Gasteiger partial charge in [0.2, 0.25) is 0 Å². The molecule has 18 heavy (non-hydrogen) atoms. The molecule has 0 aromatic heterocycles. The number of hydrogen-bond donors (Lipinski definition) is 2. The number of rotatable bonds is 3. The summed E-state index contributed by atoms with van der Waals surface area (Å²) in [4.78, 5) is 0. The zero-order valence-electron chi connectivity index (χ0n) is 11.7. The van der Waals surface area contributed by atoms with E-state index in [9.17, 15) is 5.11 Å². The monoisotopic (exact) mass is 247 g/mol. The van der Waals surface area contributed by atoms with Gasteiger partial charge in [-0.1, -0.05) is 30.5 Å². The first-order valence-electron chi connectivity index (χ1n) is 7.02. The Morgan fingerprint density at radius 2 is 1.61 bits per heavy atom. The van der Waals surface area contributed by atoms with Gasteiger partial charge in [-0.2, -0.15) is 0 Å². The van der Waals surface area contributed by atoms with Crippen molar-refractivity contribution in [2.24, 2.45) is 11.7 Å². The van der Waals surface area contributed by atoms with Crippen LogP contribution >= 0.6 is 0 Å². The summed E-state index contributed by atoms with van der Waals surface area (Å²) in [5.41, 5.74) is 11.1. The molecule has 0 spiro atoms. The molecule has 3 N–H and O–H groups in total. The normalized spacial score (nSPS) is 20.1. The largest absolute Gasteiger partial charge is 0.391 e. The van der Waals surface area contributed by atoms with Gasteiger partial charge >= 0.3 is 0 Å². The van der Waals surface area contributed by atoms with Crippen LogP contribution in [0.1, 0.15) is 54.0 Å². The third-order valence-corrected chi connectivity index (χ3v) is 4.32. The molecule has 0 heterocycles. The standard InChI is InChI=1S/C16H25NO/c1-10-8-11(2)14(12(3)9-10)15(17)16(18)13-6-4-5-7-13/h8-9,13,15-16,18H,4-7,17H2,1-3H3/t15-,16+/m1/s1. The average Bonchev–Trinajstić information content (AvgIpc) is 2.79. The number of aliphatic hydroxyl groups excluding tert-OH is 1. The summed E-state index contributed by atoms with van der Waals surface area (Å²) in [7, 11) is 0. The second-order valence-corrected chi connectivity index (χ2v) is 5.87. The highest BCUT2D eigenvalue weighted by molar-refractivity contribution is 5.40. The third-order valence-electron chi connectivity index (χ3n) is 4.32. The predicted octanol–water partition coefficient (Wildman–Crippen LogP) is 3.16. The van der Waals surface area contributed by atoms with Gasteiger partial charge in [0.05, 0.1) is 12.1 Å². The fourth-order valence-electron chi connectivity index (χ4n) is 3.48. The molecule has 2 nitrogen and oxygen atoms in total. The van der Waals surface area contributed by atoms with Gasteiger partial charge in [-0.3, -0.25) is 0 Å². The van der Waals surface area contributed by atoms with Gasteiger partial charge in [-0.15, -0.1) is 0 Å². The second-order valence-electron chi connectivity index (χ2n) is 5.87. The van der Waals surface area contributed by atoms with E-state index in [-0.39, 0.29) is 6.04 Å². The number of hydrogen-bond acceptors (Lipinski definition) is 2. The lowest BCUT2D eigenvalue weighted by atomic mass is 9.86. The summed E-state index contributed by atoms with van der Waals surface area (Å²) in [6.07, 6.45) is 4.32. The van der Waals surface area contributed by atoms with Crippen molar-refractivity contribution in [3.05, 3.63) is 34.4 Å². The maximum atomic E-state index is 10.5. The van der Waals surface area contributed by atoms with Crippen molar-refractivity contribution in [1.29, 1.82) is 0 Å². The molecule has 0 unspecified atom stereocenters. The first-order valence-corrected chi connectivity index (χ1v) is 7.02. The molecular formula is C16H25NO. The first kappa shape index (κ1) is 13.6. The van der Waals surface area contributed by atoms with Crippen molar-refractivity contribution in [3.63, 3.8) is 0 Å². The number of nitrogens with two attached hydrogens (primary N) is 1. The van der Waals surface area contributed by atoms with Crippen LogP contribution in [0.5, 0.6) is 0 Å². The second kappa shape index (κ2) is 5.41. The molecule has 0 saturated heterocycles. The fourth-order valence-corrected chi connectivity index (χ4v) is 3.48. The molecule has 0 bridgehead atoms. The van der Waals surface area contributed by atoms with Gasteiger partial charge in [0.25, 0.3) is 0 Å². The van der Waals surface area contributed by atoms with E-state index in [1.54, 1.807) is 0 Å². The van der Waals surface area contributed by atoms with Crippen molar-refractivity contribution in [1.82, 2.24) is 0 Å². The van der Waals surface area contributed by atoms with E-state index in [1.165, 1.54) is 29.5 Å². The maximum Gasteiger partial charge on any atom is 0.0761 e. The van der Waals surface area contributed by atoms with E-state index in [0.29, 0.717) is 5.92 Å². The predicted molar refractivity (Wildman–Crippen MR) is 75.5 cm³/mol. The van der Waals surface area contributed by atoms with Gasteiger partial charge < -0.3 is 10.8 Å². The van der Waals surface area contributed by atoms with Crippen LogP contribution in [0.4, 0.5) is 0 Å². The lowest BCUT2D eigenvalue weighted by Gasteiger charge is -2.27. The average molecular weight is 247 g/mol. The Labute approximate surface area is 110 Å². The molecule has 1 aromatic rings. The van der Waals surface area contributed by atoms with Crippen LogP contribution in [0.25, 0.3) is 0 Å². The molecule has 0 aliphatic heterocycles. The highest BCUT2D eigenvalue weighted by atomic mass is 16.3. The highest BCUT2D eigenvalue weighted by Gasteiger charge is 2.30. The van der Waals surface area contributed by atoms with Crippen LogP contribution < -0.4 is 5.73 Å². The number of benzene rings is 1. The van der Waals surface area contributed by atoms with Crippen LogP contribution in [-0.4, -0.2) is 11.2 Å². The van der Waals surface area contributed by atoms with Crippen LogP contribution in [0, 0.1) is 26.7 Å². The van der Waals surface area contributed by atoms with E-state index in [1.807, 2.05) is 0 Å². The summed E-state index contributed by atoms with van der Waals surface area (Å²) >= 11 is 0. The molecule has 0 amide bonds. The van der Waals surface area contributed by atoms with Crippen molar-refractivity contribution in [2.75, 3.05) is 0 Å². The molecule has 1 aliphatic rings. The minimum absolute atomic E-state index is 0.242. The Bertz CT molecular complexity index is 398. The molecule has 0 radical (unpaired) electrons. The lowest BCUT2D eigenvalue weighted by Crippen LogP contribution is -2.33. The molecular weight excluding hydrogens is 222 g/mol. The van der Waals surface area contributed by atoms with Crippen LogP contribution in [0.15, 0.2) is 12.1 Å². The highest BCUT2D eigenvalue weighted by Crippen LogP contribution is 2.34. The molecule has 1 fully saturated rings. The van der Waals surface area contributed by atoms with Crippen molar-refractivity contribution >= 4 is 0 Å². The first-order chi connectivity index (χ1) is 8.50. The Hall–Kier alpha value is -0.860. The zero-order chi connectivity index (χ0) is 13.3. The van der Waals surface area contributed by atoms with E-state index in [0.717, 1.165) is 18.4 Å². The van der Waals surface area contributed by atoms with Crippen molar-refractivity contribution < 1.29 is 5.11 Å². The van der Waals surface area contributed by atoms with Crippen LogP contribution in [0.3, 0.4) is 0 Å². The van der Waals surface area contributed by atoms with Gasteiger partial charge in [0.1, 0.15) is 0 Å². The number of aliphatic hydroxyl groups is 1. The van der Waals surface area contributed by atoms with Gasteiger partial charge in [-0.25, -0.2) is 0 Å². The zero-order valence-corrected chi connectivity index (χ0v) is 11.7. The summed E-state index contributed by atoms with van der Waals surface area (Å²) in [6.45, 7) is 6.29. The summed E-state index contributed by atoms with van der Waals surface area (Å²) in [5, 5.41) is 10.5. The Morgan fingerprint density at radius 3 is 2.11 bits per heavy atom.